The average Bonchev–Trinajstić information content (AvgIpc) is 2.93. The third-order valence-electron chi connectivity index (χ3n) is 3.03. The summed E-state index contributed by atoms with van der Waals surface area (Å²) in [6, 6.07) is 11.4. The molecular formula is C16H19NO3S. The Bertz CT molecular complexity index is 551. The van der Waals surface area contributed by atoms with E-state index in [1.54, 1.807) is 23.5 Å². The number of hydrogen-bond donors (Lipinski definition) is 1. The molecule has 0 fully saturated rings. The first-order valence-corrected chi connectivity index (χ1v) is 7.66. The summed E-state index contributed by atoms with van der Waals surface area (Å²) in [6.07, 6.45) is 0.0455. The van der Waals surface area contributed by atoms with E-state index in [2.05, 4.69) is 29.5 Å². The van der Waals surface area contributed by atoms with E-state index in [0.29, 0.717) is 6.61 Å². The molecule has 0 saturated carbocycles. The van der Waals surface area contributed by atoms with Gasteiger partial charge in [0.25, 0.3) is 0 Å². The highest BCUT2D eigenvalue weighted by Gasteiger charge is 2.03. The van der Waals surface area contributed by atoms with Crippen LogP contribution in [-0.2, 0) is 17.8 Å². The summed E-state index contributed by atoms with van der Waals surface area (Å²) in [7, 11) is 2.07. The molecule has 112 valence electrons. The van der Waals surface area contributed by atoms with Gasteiger partial charge in [0.1, 0.15) is 12.4 Å². The second-order valence-corrected chi connectivity index (χ2v) is 5.91. The molecule has 0 saturated heterocycles. The van der Waals surface area contributed by atoms with Crippen molar-refractivity contribution in [3.05, 3.63) is 52.2 Å². The highest BCUT2D eigenvalue weighted by Crippen LogP contribution is 2.13. The fraction of sp³-hybridized carbons (Fsp3) is 0.312. The van der Waals surface area contributed by atoms with Crippen LogP contribution in [0, 0.1) is 0 Å². The Hall–Kier alpha value is -1.85. The van der Waals surface area contributed by atoms with Gasteiger partial charge in [-0.3, -0.25) is 9.69 Å². The summed E-state index contributed by atoms with van der Waals surface area (Å²) in [5.41, 5.74) is 0.782. The Morgan fingerprint density at radius 2 is 2.05 bits per heavy atom. The molecule has 0 aliphatic heterocycles. The fourth-order valence-electron chi connectivity index (χ4n) is 1.95. The standard InChI is InChI=1S/C16H19NO3S/c1-17(12-15-3-2-10-21-15)8-9-20-14-6-4-13(5-7-14)11-16(18)19/h2-7,10H,8-9,11-12H2,1H3,(H,18,19). The number of aliphatic carboxylic acids is 1. The van der Waals surface area contributed by atoms with Crippen molar-refractivity contribution in [2.24, 2.45) is 0 Å². The number of likely N-dealkylation sites (N-methyl/N-ethyl adjacent to an activating group) is 1. The zero-order chi connectivity index (χ0) is 15.1. The Labute approximate surface area is 128 Å². The van der Waals surface area contributed by atoms with Gasteiger partial charge in [0.2, 0.25) is 0 Å². The second-order valence-electron chi connectivity index (χ2n) is 4.88. The van der Waals surface area contributed by atoms with Crippen LogP contribution in [0.4, 0.5) is 0 Å². The molecule has 0 unspecified atom stereocenters. The molecule has 1 aromatic heterocycles. The minimum Gasteiger partial charge on any atom is -0.492 e. The smallest absolute Gasteiger partial charge is 0.307 e. The molecular weight excluding hydrogens is 286 g/mol. The van der Waals surface area contributed by atoms with Gasteiger partial charge in [-0.25, -0.2) is 0 Å². The highest BCUT2D eigenvalue weighted by atomic mass is 32.1. The first kappa shape index (κ1) is 15.5. The van der Waals surface area contributed by atoms with Crippen LogP contribution in [0.3, 0.4) is 0 Å². The van der Waals surface area contributed by atoms with Crippen molar-refractivity contribution in [1.29, 1.82) is 0 Å². The van der Waals surface area contributed by atoms with Crippen molar-refractivity contribution in [3.8, 4) is 5.75 Å². The van der Waals surface area contributed by atoms with Crippen LogP contribution in [0.15, 0.2) is 41.8 Å². The maximum Gasteiger partial charge on any atom is 0.307 e. The highest BCUT2D eigenvalue weighted by molar-refractivity contribution is 7.09. The molecule has 0 radical (unpaired) electrons. The predicted molar refractivity (Wildman–Crippen MR) is 83.9 cm³/mol. The van der Waals surface area contributed by atoms with Crippen molar-refractivity contribution >= 4 is 17.3 Å². The van der Waals surface area contributed by atoms with E-state index in [0.717, 1.165) is 24.4 Å². The molecule has 0 bridgehead atoms. The molecule has 0 amide bonds. The van der Waals surface area contributed by atoms with Crippen molar-refractivity contribution in [2.75, 3.05) is 20.2 Å². The maximum absolute atomic E-state index is 10.6. The number of nitrogens with zero attached hydrogens (tertiary/aromatic N) is 1. The lowest BCUT2D eigenvalue weighted by Gasteiger charge is -2.16. The number of rotatable bonds is 8. The van der Waals surface area contributed by atoms with E-state index in [4.69, 9.17) is 9.84 Å². The third kappa shape index (κ3) is 5.57. The van der Waals surface area contributed by atoms with Crippen molar-refractivity contribution in [2.45, 2.75) is 13.0 Å². The van der Waals surface area contributed by atoms with E-state index in [1.165, 1.54) is 4.88 Å². The van der Waals surface area contributed by atoms with E-state index < -0.39 is 5.97 Å². The molecule has 1 heterocycles. The summed E-state index contributed by atoms with van der Waals surface area (Å²) in [4.78, 5) is 14.2. The van der Waals surface area contributed by atoms with Crippen LogP contribution < -0.4 is 4.74 Å². The number of benzene rings is 1. The number of thiophene rings is 1. The number of carbonyl (C=O) groups is 1. The van der Waals surface area contributed by atoms with Gasteiger partial charge >= 0.3 is 5.97 Å². The monoisotopic (exact) mass is 305 g/mol. The van der Waals surface area contributed by atoms with E-state index in [9.17, 15) is 4.79 Å². The molecule has 4 nitrogen and oxygen atoms in total. The average molecular weight is 305 g/mol. The summed E-state index contributed by atoms with van der Waals surface area (Å²) < 4.78 is 5.67. The minimum absolute atomic E-state index is 0.0455. The van der Waals surface area contributed by atoms with Crippen LogP contribution >= 0.6 is 11.3 Å². The van der Waals surface area contributed by atoms with Crippen LogP contribution in [0.2, 0.25) is 0 Å². The van der Waals surface area contributed by atoms with Gasteiger partial charge in [0, 0.05) is 18.0 Å². The second kappa shape index (κ2) is 7.81. The SMILES string of the molecule is CN(CCOc1ccc(CC(=O)O)cc1)Cc1cccs1. The van der Waals surface area contributed by atoms with E-state index >= 15 is 0 Å². The van der Waals surface area contributed by atoms with Crippen molar-refractivity contribution in [3.63, 3.8) is 0 Å². The summed E-state index contributed by atoms with van der Waals surface area (Å²) in [6.45, 7) is 2.38. The van der Waals surface area contributed by atoms with Crippen LogP contribution in [-0.4, -0.2) is 36.2 Å². The number of carboxylic acid groups (broad SMARTS) is 1. The molecule has 21 heavy (non-hydrogen) atoms. The quantitative estimate of drug-likeness (QED) is 0.815. The lowest BCUT2D eigenvalue weighted by molar-refractivity contribution is -0.136. The molecule has 2 aromatic rings. The molecule has 0 atom stereocenters. The van der Waals surface area contributed by atoms with Gasteiger partial charge in [-0.15, -0.1) is 11.3 Å². The van der Waals surface area contributed by atoms with Gasteiger partial charge in [-0.2, -0.15) is 0 Å². The number of carboxylic acids is 1. The van der Waals surface area contributed by atoms with Gasteiger partial charge in [0.15, 0.2) is 0 Å². The number of ether oxygens (including phenoxy) is 1. The summed E-state index contributed by atoms with van der Waals surface area (Å²) in [5.74, 6) is -0.0486. The molecule has 0 aliphatic rings. The van der Waals surface area contributed by atoms with Crippen LogP contribution in [0.5, 0.6) is 5.75 Å². The van der Waals surface area contributed by atoms with Crippen LogP contribution in [0.1, 0.15) is 10.4 Å². The summed E-state index contributed by atoms with van der Waals surface area (Å²) >= 11 is 1.76. The number of hydrogen-bond acceptors (Lipinski definition) is 4. The molecule has 2 rings (SSSR count). The molecule has 5 heteroatoms. The normalized spacial score (nSPS) is 10.8. The molecule has 1 aromatic carbocycles. The first-order valence-electron chi connectivity index (χ1n) is 6.78. The lowest BCUT2D eigenvalue weighted by Crippen LogP contribution is -2.23. The van der Waals surface area contributed by atoms with Crippen molar-refractivity contribution < 1.29 is 14.6 Å². The van der Waals surface area contributed by atoms with Gasteiger partial charge in [0.05, 0.1) is 6.42 Å². The van der Waals surface area contributed by atoms with Gasteiger partial charge < -0.3 is 9.84 Å². The van der Waals surface area contributed by atoms with E-state index in [-0.39, 0.29) is 6.42 Å². The van der Waals surface area contributed by atoms with Gasteiger partial charge in [-0.05, 0) is 36.2 Å². The minimum atomic E-state index is -0.820. The zero-order valence-corrected chi connectivity index (χ0v) is 12.8. The predicted octanol–water partition coefficient (Wildman–Crippen LogP) is 2.89. The first-order chi connectivity index (χ1) is 10.1. The Morgan fingerprint density at radius 1 is 1.29 bits per heavy atom. The molecule has 0 aliphatic carbocycles. The molecule has 1 N–H and O–H groups in total. The molecule has 0 spiro atoms. The Morgan fingerprint density at radius 3 is 2.67 bits per heavy atom. The Kier molecular flexibility index (Phi) is 5.78. The van der Waals surface area contributed by atoms with E-state index in [1.807, 2.05) is 12.1 Å². The van der Waals surface area contributed by atoms with Crippen molar-refractivity contribution in [1.82, 2.24) is 4.90 Å². The lowest BCUT2D eigenvalue weighted by atomic mass is 10.1. The fourth-order valence-corrected chi connectivity index (χ4v) is 2.73. The topological polar surface area (TPSA) is 49.8 Å². The maximum atomic E-state index is 10.6. The third-order valence-corrected chi connectivity index (χ3v) is 3.89. The summed E-state index contributed by atoms with van der Waals surface area (Å²) in [5, 5.41) is 10.8. The zero-order valence-electron chi connectivity index (χ0n) is 12.0. The van der Waals surface area contributed by atoms with Crippen LogP contribution in [0.25, 0.3) is 0 Å². The Balaban J connectivity index is 1.71. The largest absolute Gasteiger partial charge is 0.492 e. The van der Waals surface area contributed by atoms with Gasteiger partial charge in [-0.1, -0.05) is 18.2 Å².